The fourth-order valence-corrected chi connectivity index (χ4v) is 2.03. The molecule has 0 aromatic heterocycles. The number of likely N-dealkylation sites (tertiary alicyclic amines) is 1. The van der Waals surface area contributed by atoms with Gasteiger partial charge in [0.2, 0.25) is 0 Å². The Kier molecular flexibility index (Phi) is 4.07. The number of aliphatic hydroxyl groups is 1. The van der Waals surface area contributed by atoms with Crippen LogP contribution in [0.3, 0.4) is 0 Å². The molecule has 1 aliphatic rings. The van der Waals surface area contributed by atoms with Crippen LogP contribution in [0.5, 0.6) is 0 Å². The van der Waals surface area contributed by atoms with Crippen molar-refractivity contribution in [3.05, 3.63) is 0 Å². The fourth-order valence-electron chi connectivity index (χ4n) is 2.03. The van der Waals surface area contributed by atoms with E-state index in [1.54, 1.807) is 4.90 Å². The molecule has 1 N–H and O–H groups in total. The highest BCUT2D eigenvalue weighted by atomic mass is 16.6. The molecule has 4 nitrogen and oxygen atoms in total. The summed E-state index contributed by atoms with van der Waals surface area (Å²) in [5.41, 5.74) is -0.369. The minimum Gasteiger partial charge on any atom is -0.444 e. The lowest BCUT2D eigenvalue weighted by molar-refractivity contribution is -0.0120. The van der Waals surface area contributed by atoms with Crippen molar-refractivity contribution in [2.24, 2.45) is 11.3 Å². The van der Waals surface area contributed by atoms with E-state index in [1.807, 2.05) is 20.8 Å². The summed E-state index contributed by atoms with van der Waals surface area (Å²) < 4.78 is 5.34. The molecular formula is C13H25NO3. The highest BCUT2D eigenvalue weighted by molar-refractivity contribution is 5.68. The molecule has 100 valence electrons. The third-order valence-corrected chi connectivity index (χ3v) is 3.44. The third-order valence-electron chi connectivity index (χ3n) is 3.44. The second-order valence-electron chi connectivity index (χ2n) is 6.54. The smallest absolute Gasteiger partial charge is 0.410 e. The molecule has 0 aromatic carbocycles. The van der Waals surface area contributed by atoms with Crippen molar-refractivity contribution < 1.29 is 14.6 Å². The number of amides is 1. The number of aliphatic hydroxyl groups excluding tert-OH is 1. The number of carbonyl (C=O) groups is 1. The number of ether oxygens (including phenoxy) is 1. The van der Waals surface area contributed by atoms with Crippen molar-refractivity contribution in [3.63, 3.8) is 0 Å². The third kappa shape index (κ3) is 3.87. The van der Waals surface area contributed by atoms with Crippen molar-refractivity contribution in [2.45, 2.75) is 46.6 Å². The molecule has 1 amide bonds. The number of carbonyl (C=O) groups excluding carboxylic acids is 1. The first-order chi connectivity index (χ1) is 7.65. The maximum atomic E-state index is 11.9. The Morgan fingerprint density at radius 1 is 1.47 bits per heavy atom. The van der Waals surface area contributed by atoms with Crippen LogP contribution < -0.4 is 0 Å². The van der Waals surface area contributed by atoms with Gasteiger partial charge in [-0.3, -0.25) is 0 Å². The molecule has 1 aliphatic heterocycles. The first-order valence-electron chi connectivity index (χ1n) is 6.24. The number of rotatable bonds is 1. The summed E-state index contributed by atoms with van der Waals surface area (Å²) in [6.45, 7) is 11.3. The zero-order valence-corrected chi connectivity index (χ0v) is 11.6. The summed E-state index contributed by atoms with van der Waals surface area (Å²) in [6, 6.07) is 0. The van der Waals surface area contributed by atoms with Gasteiger partial charge in [-0.25, -0.2) is 4.79 Å². The van der Waals surface area contributed by atoms with Gasteiger partial charge in [-0.05, 0) is 32.6 Å². The molecule has 0 bridgehead atoms. The van der Waals surface area contributed by atoms with Crippen molar-refractivity contribution in [1.29, 1.82) is 0 Å². The summed E-state index contributed by atoms with van der Waals surface area (Å²) in [4.78, 5) is 13.6. The lowest BCUT2D eigenvalue weighted by atomic mass is 9.74. The monoisotopic (exact) mass is 243 g/mol. The van der Waals surface area contributed by atoms with E-state index >= 15 is 0 Å². The van der Waals surface area contributed by atoms with Crippen LogP contribution in [0.4, 0.5) is 4.79 Å². The standard InChI is InChI=1S/C13H25NO3/c1-12(2,3)17-11(16)14-7-6-13(4,5)10(8-14)9-15/h10,15H,6-9H2,1-5H3. The van der Waals surface area contributed by atoms with Crippen LogP contribution in [0.25, 0.3) is 0 Å². The molecule has 1 rings (SSSR count). The van der Waals surface area contributed by atoms with E-state index in [1.165, 1.54) is 0 Å². The predicted molar refractivity (Wildman–Crippen MR) is 66.8 cm³/mol. The predicted octanol–water partition coefficient (Wildman–Crippen LogP) is 2.26. The Morgan fingerprint density at radius 2 is 2.06 bits per heavy atom. The normalized spacial score (nSPS) is 24.6. The first-order valence-corrected chi connectivity index (χ1v) is 6.24. The molecule has 0 spiro atoms. The summed E-state index contributed by atoms with van der Waals surface area (Å²) in [6.07, 6.45) is 0.628. The van der Waals surface area contributed by atoms with Crippen molar-refractivity contribution in [3.8, 4) is 0 Å². The second-order valence-corrected chi connectivity index (χ2v) is 6.54. The molecule has 17 heavy (non-hydrogen) atoms. The summed E-state index contributed by atoms with van der Waals surface area (Å²) in [5.74, 6) is 0.128. The average molecular weight is 243 g/mol. The maximum absolute atomic E-state index is 11.9. The van der Waals surface area contributed by atoms with E-state index in [4.69, 9.17) is 4.74 Å². The SMILES string of the molecule is CC(C)(C)OC(=O)N1CCC(C)(C)C(CO)C1. The van der Waals surface area contributed by atoms with Gasteiger partial charge < -0.3 is 14.7 Å². The van der Waals surface area contributed by atoms with Crippen LogP contribution in [-0.2, 0) is 4.74 Å². The molecule has 1 saturated heterocycles. The highest BCUT2D eigenvalue weighted by Gasteiger charge is 2.37. The average Bonchev–Trinajstić information content (AvgIpc) is 2.14. The highest BCUT2D eigenvalue weighted by Crippen LogP contribution is 2.35. The molecule has 1 atom stereocenters. The first kappa shape index (κ1) is 14.3. The molecular weight excluding hydrogens is 218 g/mol. The zero-order chi connectivity index (χ0) is 13.3. The van der Waals surface area contributed by atoms with Gasteiger partial charge in [0.05, 0.1) is 0 Å². The van der Waals surface area contributed by atoms with Crippen LogP contribution in [0.1, 0.15) is 41.0 Å². The van der Waals surface area contributed by atoms with E-state index in [0.29, 0.717) is 13.1 Å². The number of hydrogen-bond donors (Lipinski definition) is 1. The van der Waals surface area contributed by atoms with Crippen LogP contribution in [0.15, 0.2) is 0 Å². The molecule has 1 fully saturated rings. The summed E-state index contributed by atoms with van der Waals surface area (Å²) in [5, 5.41) is 9.38. The van der Waals surface area contributed by atoms with E-state index < -0.39 is 5.60 Å². The fraction of sp³-hybridized carbons (Fsp3) is 0.923. The molecule has 1 unspecified atom stereocenters. The number of piperidine rings is 1. The minimum atomic E-state index is -0.460. The molecule has 0 saturated carbocycles. The van der Waals surface area contributed by atoms with Gasteiger partial charge in [0.25, 0.3) is 0 Å². The minimum absolute atomic E-state index is 0.0905. The summed E-state index contributed by atoms with van der Waals surface area (Å²) in [7, 11) is 0. The Hall–Kier alpha value is -0.770. The van der Waals surface area contributed by atoms with Crippen molar-refractivity contribution in [1.82, 2.24) is 4.90 Å². The van der Waals surface area contributed by atoms with E-state index in [2.05, 4.69) is 13.8 Å². The van der Waals surface area contributed by atoms with Crippen molar-refractivity contribution >= 4 is 6.09 Å². The molecule has 1 heterocycles. The largest absolute Gasteiger partial charge is 0.444 e. The summed E-state index contributed by atoms with van der Waals surface area (Å²) >= 11 is 0. The molecule has 0 aliphatic carbocycles. The Labute approximate surface area is 104 Å². The lowest BCUT2D eigenvalue weighted by Crippen LogP contribution is -2.49. The Morgan fingerprint density at radius 3 is 2.53 bits per heavy atom. The van der Waals surface area contributed by atoms with E-state index in [9.17, 15) is 9.90 Å². The van der Waals surface area contributed by atoms with Gasteiger partial charge in [-0.1, -0.05) is 13.8 Å². The van der Waals surface area contributed by atoms with E-state index in [-0.39, 0.29) is 24.0 Å². The van der Waals surface area contributed by atoms with Gasteiger partial charge in [0.1, 0.15) is 5.60 Å². The van der Waals surface area contributed by atoms with Gasteiger partial charge in [-0.15, -0.1) is 0 Å². The van der Waals surface area contributed by atoms with Gasteiger partial charge in [-0.2, -0.15) is 0 Å². The zero-order valence-electron chi connectivity index (χ0n) is 11.6. The topological polar surface area (TPSA) is 49.8 Å². The van der Waals surface area contributed by atoms with Gasteiger partial charge in [0, 0.05) is 25.6 Å². The van der Waals surface area contributed by atoms with Crippen LogP contribution in [0.2, 0.25) is 0 Å². The molecule has 0 radical (unpaired) electrons. The van der Waals surface area contributed by atoms with Gasteiger partial charge >= 0.3 is 6.09 Å². The van der Waals surface area contributed by atoms with Crippen LogP contribution in [-0.4, -0.2) is 41.4 Å². The Balaban J connectivity index is 2.61. The van der Waals surface area contributed by atoms with E-state index in [0.717, 1.165) is 6.42 Å². The lowest BCUT2D eigenvalue weighted by Gasteiger charge is -2.43. The molecule has 0 aromatic rings. The van der Waals surface area contributed by atoms with Crippen molar-refractivity contribution in [2.75, 3.05) is 19.7 Å². The quantitative estimate of drug-likeness (QED) is 0.768. The molecule has 4 heteroatoms. The number of hydrogen-bond acceptors (Lipinski definition) is 3. The maximum Gasteiger partial charge on any atom is 0.410 e. The Bertz CT molecular complexity index is 281. The van der Waals surface area contributed by atoms with Crippen LogP contribution in [0, 0.1) is 11.3 Å². The second kappa shape index (κ2) is 4.84. The van der Waals surface area contributed by atoms with Crippen LogP contribution >= 0.6 is 0 Å². The van der Waals surface area contributed by atoms with Gasteiger partial charge in [0.15, 0.2) is 0 Å². The number of nitrogens with zero attached hydrogens (tertiary/aromatic N) is 1.